The molecule has 0 aliphatic heterocycles. The van der Waals surface area contributed by atoms with Crippen molar-refractivity contribution in [2.24, 2.45) is 0 Å². The van der Waals surface area contributed by atoms with E-state index in [9.17, 15) is 14.7 Å². The minimum atomic E-state index is -1.26. The third kappa shape index (κ3) is 4.47. The average Bonchev–Trinajstić information content (AvgIpc) is 2.51. The van der Waals surface area contributed by atoms with E-state index in [1.54, 1.807) is 24.3 Å². The fourth-order valence-electron chi connectivity index (χ4n) is 2.05. The maximum atomic E-state index is 12.0. The van der Waals surface area contributed by atoms with Crippen LogP contribution in [0.1, 0.15) is 22.8 Å². The highest BCUT2D eigenvalue weighted by Crippen LogP contribution is 2.21. The molecule has 2 rings (SSSR count). The second-order valence-electron chi connectivity index (χ2n) is 4.84. The van der Waals surface area contributed by atoms with Crippen molar-refractivity contribution >= 4 is 17.6 Å². The van der Waals surface area contributed by atoms with E-state index in [0.717, 1.165) is 11.3 Å². The minimum Gasteiger partial charge on any atom is -0.507 e. The van der Waals surface area contributed by atoms with Crippen LogP contribution in [0.4, 0.5) is 5.69 Å². The Kier molecular flexibility index (Phi) is 5.19. The molecule has 3 N–H and O–H groups in total. The molecule has 2 aromatic rings. The van der Waals surface area contributed by atoms with Crippen molar-refractivity contribution in [3.63, 3.8) is 0 Å². The Labute approximate surface area is 133 Å². The standard InChI is InChI=1S/C17H17NO5/c1-2-23-13-6-3-11(4-7-13)9-16(20)18-12-5-8-15(19)14(10-12)17(21)22/h3-8,10,19H,2,9H2,1H3,(H,18,20)(H,21,22). The van der Waals surface area contributed by atoms with Crippen LogP contribution in [0.25, 0.3) is 0 Å². The number of rotatable bonds is 6. The number of carbonyl (C=O) groups excluding carboxylic acids is 1. The number of carboxylic acid groups (broad SMARTS) is 1. The lowest BCUT2D eigenvalue weighted by atomic mass is 10.1. The highest BCUT2D eigenvalue weighted by atomic mass is 16.5. The molecule has 0 radical (unpaired) electrons. The van der Waals surface area contributed by atoms with Gasteiger partial charge in [-0.1, -0.05) is 12.1 Å². The summed E-state index contributed by atoms with van der Waals surface area (Å²) < 4.78 is 5.33. The number of benzene rings is 2. The largest absolute Gasteiger partial charge is 0.507 e. The van der Waals surface area contributed by atoms with E-state index < -0.39 is 5.97 Å². The lowest BCUT2D eigenvalue weighted by molar-refractivity contribution is -0.115. The molecule has 0 unspecified atom stereocenters. The van der Waals surface area contributed by atoms with Crippen LogP contribution in [0.15, 0.2) is 42.5 Å². The summed E-state index contributed by atoms with van der Waals surface area (Å²) in [5.74, 6) is -1.15. The van der Waals surface area contributed by atoms with Crippen LogP contribution >= 0.6 is 0 Å². The number of aromatic hydroxyl groups is 1. The number of amides is 1. The van der Waals surface area contributed by atoms with Crippen LogP contribution in [0.2, 0.25) is 0 Å². The molecule has 6 heteroatoms. The number of anilines is 1. The van der Waals surface area contributed by atoms with Gasteiger partial charge < -0.3 is 20.3 Å². The zero-order valence-corrected chi connectivity index (χ0v) is 12.6. The Hall–Kier alpha value is -3.02. The van der Waals surface area contributed by atoms with Crippen molar-refractivity contribution in [2.75, 3.05) is 11.9 Å². The van der Waals surface area contributed by atoms with Crippen LogP contribution in [-0.4, -0.2) is 28.7 Å². The number of carboxylic acids is 1. The molecule has 0 atom stereocenters. The zero-order valence-electron chi connectivity index (χ0n) is 12.6. The van der Waals surface area contributed by atoms with Gasteiger partial charge in [0.25, 0.3) is 0 Å². The molecule has 0 bridgehead atoms. The Morgan fingerprint density at radius 2 is 1.83 bits per heavy atom. The summed E-state index contributed by atoms with van der Waals surface area (Å²) in [6.07, 6.45) is 0.148. The fourth-order valence-corrected chi connectivity index (χ4v) is 2.05. The molecule has 0 aromatic heterocycles. The first kappa shape index (κ1) is 16.4. The third-order valence-corrected chi connectivity index (χ3v) is 3.11. The number of hydrogen-bond acceptors (Lipinski definition) is 4. The predicted octanol–water partition coefficient (Wildman–Crippen LogP) is 2.67. The molecule has 0 saturated carbocycles. The van der Waals surface area contributed by atoms with Crippen LogP contribution in [0.5, 0.6) is 11.5 Å². The fraction of sp³-hybridized carbons (Fsp3) is 0.176. The molecule has 0 aliphatic carbocycles. The van der Waals surface area contributed by atoms with Crippen LogP contribution in [-0.2, 0) is 11.2 Å². The van der Waals surface area contributed by atoms with E-state index in [1.807, 2.05) is 6.92 Å². The molecule has 0 heterocycles. The van der Waals surface area contributed by atoms with Gasteiger partial charge in [0.2, 0.25) is 5.91 Å². The van der Waals surface area contributed by atoms with Gasteiger partial charge in [-0.25, -0.2) is 4.79 Å². The van der Waals surface area contributed by atoms with Crippen molar-refractivity contribution in [2.45, 2.75) is 13.3 Å². The Morgan fingerprint density at radius 1 is 1.13 bits per heavy atom. The lowest BCUT2D eigenvalue weighted by Gasteiger charge is -2.08. The molecular formula is C17H17NO5. The second-order valence-corrected chi connectivity index (χ2v) is 4.84. The van der Waals surface area contributed by atoms with Gasteiger partial charge in [-0.15, -0.1) is 0 Å². The second kappa shape index (κ2) is 7.31. The van der Waals surface area contributed by atoms with E-state index in [1.165, 1.54) is 18.2 Å². The van der Waals surface area contributed by atoms with Gasteiger partial charge in [-0.2, -0.15) is 0 Å². The first-order valence-corrected chi connectivity index (χ1v) is 7.07. The quantitative estimate of drug-likeness (QED) is 0.712. The summed E-state index contributed by atoms with van der Waals surface area (Å²) >= 11 is 0. The van der Waals surface area contributed by atoms with E-state index in [-0.39, 0.29) is 23.6 Å². The van der Waals surface area contributed by atoms with Gasteiger partial charge in [-0.3, -0.25) is 4.79 Å². The van der Waals surface area contributed by atoms with Crippen molar-refractivity contribution in [3.05, 3.63) is 53.6 Å². The maximum absolute atomic E-state index is 12.0. The molecule has 120 valence electrons. The summed E-state index contributed by atoms with van der Waals surface area (Å²) in [6, 6.07) is 11.1. The van der Waals surface area contributed by atoms with Crippen molar-refractivity contribution < 1.29 is 24.5 Å². The summed E-state index contributed by atoms with van der Waals surface area (Å²) in [6.45, 7) is 2.47. The number of carbonyl (C=O) groups is 2. The molecule has 0 fully saturated rings. The normalized spacial score (nSPS) is 10.1. The highest BCUT2D eigenvalue weighted by molar-refractivity contribution is 5.96. The third-order valence-electron chi connectivity index (χ3n) is 3.11. The number of ether oxygens (including phenoxy) is 1. The monoisotopic (exact) mass is 315 g/mol. The minimum absolute atomic E-state index is 0.148. The topological polar surface area (TPSA) is 95.9 Å². The summed E-state index contributed by atoms with van der Waals surface area (Å²) in [5, 5.41) is 21.0. The van der Waals surface area contributed by atoms with Gasteiger partial charge >= 0.3 is 5.97 Å². The SMILES string of the molecule is CCOc1ccc(CC(=O)Nc2ccc(O)c(C(=O)O)c2)cc1. The zero-order chi connectivity index (χ0) is 16.8. The smallest absolute Gasteiger partial charge is 0.339 e. The van der Waals surface area contributed by atoms with E-state index in [4.69, 9.17) is 9.84 Å². The summed E-state index contributed by atoms with van der Waals surface area (Å²) in [7, 11) is 0. The summed E-state index contributed by atoms with van der Waals surface area (Å²) in [4.78, 5) is 23.0. The maximum Gasteiger partial charge on any atom is 0.339 e. The molecule has 0 aliphatic rings. The molecule has 0 spiro atoms. The first-order valence-electron chi connectivity index (χ1n) is 7.07. The molecule has 1 amide bonds. The average molecular weight is 315 g/mol. The van der Waals surface area contributed by atoms with Crippen LogP contribution in [0, 0.1) is 0 Å². The van der Waals surface area contributed by atoms with Gasteiger partial charge in [0.1, 0.15) is 17.1 Å². The molecule has 23 heavy (non-hydrogen) atoms. The van der Waals surface area contributed by atoms with E-state index in [0.29, 0.717) is 12.3 Å². The number of phenols is 1. The van der Waals surface area contributed by atoms with Crippen LogP contribution < -0.4 is 10.1 Å². The number of nitrogens with one attached hydrogen (secondary N) is 1. The predicted molar refractivity (Wildman–Crippen MR) is 85.0 cm³/mol. The van der Waals surface area contributed by atoms with Gasteiger partial charge in [0, 0.05) is 5.69 Å². The summed E-state index contributed by atoms with van der Waals surface area (Å²) in [5.41, 5.74) is 0.864. The van der Waals surface area contributed by atoms with Gasteiger partial charge in [0.05, 0.1) is 13.0 Å². The number of aromatic carboxylic acids is 1. The molecule has 2 aromatic carbocycles. The molecule has 0 saturated heterocycles. The van der Waals surface area contributed by atoms with Crippen molar-refractivity contribution in [1.29, 1.82) is 0 Å². The molecule has 6 nitrogen and oxygen atoms in total. The number of hydrogen-bond donors (Lipinski definition) is 3. The van der Waals surface area contributed by atoms with Crippen LogP contribution in [0.3, 0.4) is 0 Å². The van der Waals surface area contributed by atoms with Crippen molar-refractivity contribution in [1.82, 2.24) is 0 Å². The van der Waals surface area contributed by atoms with Gasteiger partial charge in [-0.05, 0) is 42.8 Å². The Bertz CT molecular complexity index is 709. The van der Waals surface area contributed by atoms with Crippen molar-refractivity contribution in [3.8, 4) is 11.5 Å². The first-order chi connectivity index (χ1) is 11.0. The lowest BCUT2D eigenvalue weighted by Crippen LogP contribution is -2.14. The van der Waals surface area contributed by atoms with E-state index >= 15 is 0 Å². The van der Waals surface area contributed by atoms with E-state index in [2.05, 4.69) is 5.32 Å². The Balaban J connectivity index is 2.02. The Morgan fingerprint density at radius 3 is 2.43 bits per heavy atom. The van der Waals surface area contributed by atoms with Gasteiger partial charge in [0.15, 0.2) is 0 Å². The molecular weight excluding hydrogens is 298 g/mol. The highest BCUT2D eigenvalue weighted by Gasteiger charge is 2.11.